The van der Waals surface area contributed by atoms with E-state index in [0.29, 0.717) is 12.4 Å². The molecule has 0 saturated carbocycles. The standard InChI is InChI=1S/C12H18N4O/c1-15(11-4-2-3-5-14-11)12(17)10-16-8-6-13-7-9-16/h2-5,13H,6-10H2,1H3. The zero-order valence-electron chi connectivity index (χ0n) is 10.1. The minimum absolute atomic E-state index is 0.0885. The molecule has 2 rings (SSSR count). The number of piperazine rings is 1. The monoisotopic (exact) mass is 234 g/mol. The van der Waals surface area contributed by atoms with Crippen molar-refractivity contribution in [3.63, 3.8) is 0 Å². The van der Waals surface area contributed by atoms with E-state index < -0.39 is 0 Å². The van der Waals surface area contributed by atoms with Crippen LogP contribution in [0.15, 0.2) is 24.4 Å². The Morgan fingerprint density at radius 3 is 2.88 bits per heavy atom. The summed E-state index contributed by atoms with van der Waals surface area (Å²) in [6.45, 7) is 4.25. The van der Waals surface area contributed by atoms with Gasteiger partial charge in [-0.1, -0.05) is 6.07 Å². The van der Waals surface area contributed by atoms with Gasteiger partial charge < -0.3 is 5.32 Å². The molecule has 1 N–H and O–H groups in total. The first-order valence-electron chi connectivity index (χ1n) is 5.88. The van der Waals surface area contributed by atoms with Crippen molar-refractivity contribution >= 4 is 11.7 Å². The molecule has 0 unspecified atom stereocenters. The first kappa shape index (κ1) is 12.0. The van der Waals surface area contributed by atoms with Gasteiger partial charge in [0.1, 0.15) is 5.82 Å². The number of rotatable bonds is 3. The SMILES string of the molecule is CN(C(=O)CN1CCNCC1)c1ccccn1. The molecule has 1 fully saturated rings. The molecule has 0 bridgehead atoms. The van der Waals surface area contributed by atoms with E-state index in [2.05, 4.69) is 15.2 Å². The molecule has 1 aliphatic heterocycles. The largest absolute Gasteiger partial charge is 0.314 e. The lowest BCUT2D eigenvalue weighted by atomic mass is 10.3. The molecule has 1 amide bonds. The Morgan fingerprint density at radius 2 is 2.24 bits per heavy atom. The number of nitrogens with one attached hydrogen (secondary N) is 1. The molecule has 1 aliphatic rings. The van der Waals surface area contributed by atoms with Gasteiger partial charge >= 0.3 is 0 Å². The van der Waals surface area contributed by atoms with Gasteiger partial charge in [0.2, 0.25) is 5.91 Å². The van der Waals surface area contributed by atoms with Crippen molar-refractivity contribution in [1.82, 2.24) is 15.2 Å². The molecule has 2 heterocycles. The van der Waals surface area contributed by atoms with Crippen molar-refractivity contribution in [3.8, 4) is 0 Å². The van der Waals surface area contributed by atoms with Crippen LogP contribution in [0.3, 0.4) is 0 Å². The van der Waals surface area contributed by atoms with Crippen LogP contribution in [0, 0.1) is 0 Å². The Morgan fingerprint density at radius 1 is 1.47 bits per heavy atom. The number of anilines is 1. The molecule has 1 saturated heterocycles. The molecule has 0 atom stereocenters. The maximum atomic E-state index is 12.0. The van der Waals surface area contributed by atoms with E-state index in [9.17, 15) is 4.79 Å². The number of carbonyl (C=O) groups excluding carboxylic acids is 1. The lowest BCUT2D eigenvalue weighted by molar-refractivity contribution is -0.119. The minimum Gasteiger partial charge on any atom is -0.314 e. The van der Waals surface area contributed by atoms with Crippen LogP contribution >= 0.6 is 0 Å². The van der Waals surface area contributed by atoms with Gasteiger partial charge in [-0.3, -0.25) is 14.6 Å². The Kier molecular flexibility index (Phi) is 4.06. The van der Waals surface area contributed by atoms with Gasteiger partial charge in [0.25, 0.3) is 0 Å². The fraction of sp³-hybridized carbons (Fsp3) is 0.500. The Labute approximate surface area is 101 Å². The number of pyridine rings is 1. The summed E-state index contributed by atoms with van der Waals surface area (Å²) in [5.74, 6) is 0.790. The molecular weight excluding hydrogens is 216 g/mol. The van der Waals surface area contributed by atoms with Gasteiger partial charge in [0, 0.05) is 39.4 Å². The predicted octanol–water partition coefficient (Wildman–Crippen LogP) is -0.0504. The van der Waals surface area contributed by atoms with Crippen molar-refractivity contribution in [2.24, 2.45) is 0 Å². The molecule has 0 spiro atoms. The Hall–Kier alpha value is -1.46. The lowest BCUT2D eigenvalue weighted by Crippen LogP contribution is -2.48. The second-order valence-electron chi connectivity index (χ2n) is 4.17. The summed E-state index contributed by atoms with van der Waals surface area (Å²) in [7, 11) is 1.77. The maximum absolute atomic E-state index is 12.0. The molecule has 1 aromatic heterocycles. The summed E-state index contributed by atoms with van der Waals surface area (Å²) in [6.07, 6.45) is 1.70. The maximum Gasteiger partial charge on any atom is 0.242 e. The minimum atomic E-state index is 0.0885. The second-order valence-corrected chi connectivity index (χ2v) is 4.17. The Balaban J connectivity index is 1.91. The molecule has 0 aliphatic carbocycles. The third-order valence-corrected chi connectivity index (χ3v) is 2.94. The van der Waals surface area contributed by atoms with Crippen LogP contribution in [-0.2, 0) is 4.79 Å². The number of amides is 1. The van der Waals surface area contributed by atoms with Crippen LogP contribution in [0.25, 0.3) is 0 Å². The first-order chi connectivity index (χ1) is 8.27. The molecular formula is C12H18N4O. The summed E-state index contributed by atoms with van der Waals surface area (Å²) in [6, 6.07) is 5.57. The van der Waals surface area contributed by atoms with Crippen LogP contribution in [0.2, 0.25) is 0 Å². The van der Waals surface area contributed by atoms with Crippen LogP contribution in [0.5, 0.6) is 0 Å². The quantitative estimate of drug-likeness (QED) is 0.796. The van der Waals surface area contributed by atoms with Crippen LogP contribution < -0.4 is 10.2 Å². The van der Waals surface area contributed by atoms with E-state index in [1.165, 1.54) is 0 Å². The van der Waals surface area contributed by atoms with Crippen molar-refractivity contribution in [1.29, 1.82) is 0 Å². The second kappa shape index (κ2) is 5.75. The van der Waals surface area contributed by atoms with Gasteiger partial charge in [-0.25, -0.2) is 4.98 Å². The zero-order valence-corrected chi connectivity index (χ0v) is 10.1. The molecule has 0 radical (unpaired) electrons. The summed E-state index contributed by atoms with van der Waals surface area (Å²) >= 11 is 0. The van der Waals surface area contributed by atoms with Crippen molar-refractivity contribution < 1.29 is 4.79 Å². The van der Waals surface area contributed by atoms with Crippen molar-refractivity contribution in [2.45, 2.75) is 0 Å². The van der Waals surface area contributed by atoms with Crippen LogP contribution in [-0.4, -0.2) is 55.6 Å². The molecule has 1 aromatic rings. The molecule has 5 nitrogen and oxygen atoms in total. The lowest BCUT2D eigenvalue weighted by Gasteiger charge is -2.28. The van der Waals surface area contributed by atoms with Gasteiger partial charge in [-0.05, 0) is 12.1 Å². The summed E-state index contributed by atoms with van der Waals surface area (Å²) in [5, 5.41) is 3.27. The fourth-order valence-corrected chi connectivity index (χ4v) is 1.85. The van der Waals surface area contributed by atoms with E-state index >= 15 is 0 Å². The third kappa shape index (κ3) is 3.25. The van der Waals surface area contributed by atoms with E-state index in [1.807, 2.05) is 18.2 Å². The summed E-state index contributed by atoms with van der Waals surface area (Å²) < 4.78 is 0. The number of nitrogens with zero attached hydrogens (tertiary/aromatic N) is 3. The van der Waals surface area contributed by atoms with E-state index in [0.717, 1.165) is 26.2 Å². The highest BCUT2D eigenvalue weighted by Crippen LogP contribution is 2.07. The van der Waals surface area contributed by atoms with E-state index in [1.54, 1.807) is 18.1 Å². The smallest absolute Gasteiger partial charge is 0.242 e. The third-order valence-electron chi connectivity index (χ3n) is 2.94. The predicted molar refractivity (Wildman–Crippen MR) is 67.0 cm³/mol. The average Bonchev–Trinajstić information content (AvgIpc) is 2.40. The van der Waals surface area contributed by atoms with E-state index in [-0.39, 0.29) is 5.91 Å². The van der Waals surface area contributed by atoms with Gasteiger partial charge in [0.15, 0.2) is 0 Å². The normalized spacial score (nSPS) is 16.8. The molecule has 92 valence electrons. The molecule has 5 heteroatoms. The van der Waals surface area contributed by atoms with Gasteiger partial charge in [-0.15, -0.1) is 0 Å². The molecule has 17 heavy (non-hydrogen) atoms. The first-order valence-corrected chi connectivity index (χ1v) is 5.88. The highest BCUT2D eigenvalue weighted by Gasteiger charge is 2.17. The number of aromatic nitrogens is 1. The average molecular weight is 234 g/mol. The van der Waals surface area contributed by atoms with Crippen molar-refractivity contribution in [2.75, 3.05) is 44.7 Å². The van der Waals surface area contributed by atoms with Gasteiger partial charge in [0.05, 0.1) is 6.54 Å². The number of hydrogen-bond donors (Lipinski definition) is 1. The van der Waals surface area contributed by atoms with Crippen LogP contribution in [0.1, 0.15) is 0 Å². The van der Waals surface area contributed by atoms with Crippen LogP contribution in [0.4, 0.5) is 5.82 Å². The number of carbonyl (C=O) groups is 1. The molecule has 0 aromatic carbocycles. The highest BCUT2D eigenvalue weighted by atomic mass is 16.2. The fourth-order valence-electron chi connectivity index (χ4n) is 1.85. The number of hydrogen-bond acceptors (Lipinski definition) is 4. The van der Waals surface area contributed by atoms with Crippen molar-refractivity contribution in [3.05, 3.63) is 24.4 Å². The zero-order chi connectivity index (χ0) is 12.1. The number of likely N-dealkylation sites (N-methyl/N-ethyl adjacent to an activating group) is 1. The highest BCUT2D eigenvalue weighted by molar-refractivity contribution is 5.93. The topological polar surface area (TPSA) is 48.5 Å². The Bertz CT molecular complexity index is 362. The summed E-state index contributed by atoms with van der Waals surface area (Å²) in [5.41, 5.74) is 0. The summed E-state index contributed by atoms with van der Waals surface area (Å²) in [4.78, 5) is 20.0. The van der Waals surface area contributed by atoms with E-state index in [4.69, 9.17) is 0 Å². The van der Waals surface area contributed by atoms with Gasteiger partial charge in [-0.2, -0.15) is 0 Å².